The minimum Gasteiger partial charge on any atom is -0.464 e. The molecule has 0 aliphatic heterocycles. The molecule has 0 rings (SSSR count). The molecule has 0 aromatic carbocycles. The molecule has 0 aliphatic rings. The molecule has 0 N–H and O–H groups in total. The molecule has 132 valence electrons. The fourth-order valence-electron chi connectivity index (χ4n) is 1.66. The van der Waals surface area contributed by atoms with Gasteiger partial charge in [0.2, 0.25) is 6.29 Å². The maximum absolute atomic E-state index is 11.8. The first-order chi connectivity index (χ1) is 10.9. The first-order valence-electron chi connectivity index (χ1n) is 6.95. The maximum atomic E-state index is 11.8. The molecule has 3 unspecified atom stereocenters. The second-order valence-corrected chi connectivity index (χ2v) is 4.80. The van der Waals surface area contributed by atoms with E-state index >= 15 is 0 Å². The second-order valence-electron chi connectivity index (χ2n) is 4.80. The van der Waals surface area contributed by atoms with E-state index in [9.17, 15) is 19.2 Å². The summed E-state index contributed by atoms with van der Waals surface area (Å²) in [5.74, 6) is -1.50. The molecular weight excluding hydrogens is 312 g/mol. The monoisotopic (exact) mass is 334 g/mol. The van der Waals surface area contributed by atoms with Crippen LogP contribution in [-0.2, 0) is 42.9 Å². The van der Waals surface area contributed by atoms with Crippen molar-refractivity contribution in [3.8, 4) is 0 Å². The Hall–Kier alpha value is -2.16. The zero-order chi connectivity index (χ0) is 17.7. The van der Waals surface area contributed by atoms with Crippen LogP contribution in [0.4, 0.5) is 0 Å². The van der Waals surface area contributed by atoms with Gasteiger partial charge in [-0.1, -0.05) is 6.92 Å². The molecular formula is C14H22O9. The molecule has 0 spiro atoms. The number of carbonyl (C=O) groups excluding carboxylic acids is 4. The van der Waals surface area contributed by atoms with E-state index < -0.39 is 24.3 Å². The van der Waals surface area contributed by atoms with Crippen molar-refractivity contribution in [3.05, 3.63) is 0 Å². The lowest BCUT2D eigenvalue weighted by molar-refractivity contribution is -0.177. The van der Waals surface area contributed by atoms with Crippen molar-refractivity contribution in [1.29, 1.82) is 0 Å². The zero-order valence-electron chi connectivity index (χ0n) is 13.4. The van der Waals surface area contributed by atoms with E-state index in [-0.39, 0.29) is 44.9 Å². The van der Waals surface area contributed by atoms with Crippen LogP contribution in [0.2, 0.25) is 0 Å². The summed E-state index contributed by atoms with van der Waals surface area (Å²) < 4.78 is 23.7. The molecule has 0 heterocycles. The molecule has 0 saturated heterocycles. The van der Waals surface area contributed by atoms with Crippen LogP contribution in [0.5, 0.6) is 0 Å². The summed E-state index contributed by atoms with van der Waals surface area (Å²) >= 11 is 0. The van der Waals surface area contributed by atoms with Crippen LogP contribution in [0.1, 0.15) is 26.7 Å². The van der Waals surface area contributed by atoms with E-state index in [1.54, 1.807) is 6.92 Å². The molecule has 0 radical (unpaired) electrons. The number of ether oxygens (including phenoxy) is 5. The van der Waals surface area contributed by atoms with Gasteiger partial charge < -0.3 is 23.7 Å². The average Bonchev–Trinajstić information content (AvgIpc) is 2.44. The lowest BCUT2D eigenvalue weighted by Crippen LogP contribution is -2.29. The molecule has 23 heavy (non-hydrogen) atoms. The van der Waals surface area contributed by atoms with Crippen molar-refractivity contribution in [1.82, 2.24) is 0 Å². The third kappa shape index (κ3) is 11.1. The minimum absolute atomic E-state index is 0.0285. The van der Waals surface area contributed by atoms with E-state index in [1.165, 1.54) is 14.0 Å². The molecule has 9 nitrogen and oxygen atoms in total. The minimum atomic E-state index is -0.981. The Balaban J connectivity index is 4.18. The molecule has 0 amide bonds. The molecule has 0 bridgehead atoms. The van der Waals surface area contributed by atoms with Gasteiger partial charge >= 0.3 is 11.9 Å². The highest BCUT2D eigenvalue weighted by molar-refractivity contribution is 5.73. The molecule has 3 atom stereocenters. The van der Waals surface area contributed by atoms with Crippen LogP contribution >= 0.6 is 0 Å². The zero-order valence-corrected chi connectivity index (χ0v) is 13.4. The standard InChI is InChI=1S/C14H22O9/c1-10(4-13(17)22-11(2)21-9-16)5-14(18)23-12(6-19-3)7-20-8-15/h8-12H,4-7H2,1-3H3. The summed E-state index contributed by atoms with van der Waals surface area (Å²) in [7, 11) is 1.42. The van der Waals surface area contributed by atoms with E-state index in [0.717, 1.165) is 0 Å². The van der Waals surface area contributed by atoms with Gasteiger partial charge in [0.15, 0.2) is 6.10 Å². The Labute approximate surface area is 134 Å². The highest BCUT2D eigenvalue weighted by Crippen LogP contribution is 2.12. The van der Waals surface area contributed by atoms with Gasteiger partial charge in [-0.05, 0) is 5.92 Å². The van der Waals surface area contributed by atoms with E-state index in [2.05, 4.69) is 9.47 Å². The average molecular weight is 334 g/mol. The molecule has 9 heteroatoms. The van der Waals surface area contributed by atoms with Crippen molar-refractivity contribution in [2.24, 2.45) is 5.92 Å². The van der Waals surface area contributed by atoms with E-state index in [4.69, 9.17) is 14.2 Å². The molecule has 0 aromatic heterocycles. The van der Waals surface area contributed by atoms with Gasteiger partial charge in [-0.3, -0.25) is 19.2 Å². The highest BCUT2D eigenvalue weighted by Gasteiger charge is 2.20. The summed E-state index contributed by atoms with van der Waals surface area (Å²) in [5, 5.41) is 0. The van der Waals surface area contributed by atoms with Gasteiger partial charge in [0, 0.05) is 26.9 Å². The number of hydrogen-bond donors (Lipinski definition) is 0. The van der Waals surface area contributed by atoms with Crippen molar-refractivity contribution in [3.63, 3.8) is 0 Å². The summed E-state index contributed by atoms with van der Waals surface area (Å²) in [6, 6.07) is 0. The van der Waals surface area contributed by atoms with Gasteiger partial charge in [-0.25, -0.2) is 0 Å². The van der Waals surface area contributed by atoms with Gasteiger partial charge in [0.1, 0.15) is 6.61 Å². The fraction of sp³-hybridized carbons (Fsp3) is 0.714. The lowest BCUT2D eigenvalue weighted by atomic mass is 10.0. The van der Waals surface area contributed by atoms with Crippen molar-refractivity contribution in [2.75, 3.05) is 20.3 Å². The summed E-state index contributed by atoms with van der Waals surface area (Å²) in [5.41, 5.74) is 0. The summed E-state index contributed by atoms with van der Waals surface area (Å²) in [6.45, 7) is 3.46. The molecule has 0 saturated carbocycles. The Bertz CT molecular complexity index is 382. The van der Waals surface area contributed by atoms with Crippen LogP contribution in [0.3, 0.4) is 0 Å². The molecule has 0 fully saturated rings. The molecule has 0 aromatic rings. The van der Waals surface area contributed by atoms with Crippen LogP contribution in [0, 0.1) is 5.92 Å². The Morgan fingerprint density at radius 2 is 1.57 bits per heavy atom. The smallest absolute Gasteiger partial charge is 0.309 e. The number of esters is 2. The Morgan fingerprint density at radius 1 is 0.957 bits per heavy atom. The predicted octanol–water partition coefficient (Wildman–Crippen LogP) is 0.196. The van der Waals surface area contributed by atoms with Crippen molar-refractivity contribution in [2.45, 2.75) is 39.1 Å². The van der Waals surface area contributed by atoms with Gasteiger partial charge in [-0.15, -0.1) is 0 Å². The number of methoxy groups -OCH3 is 1. The molecule has 0 aliphatic carbocycles. The van der Waals surface area contributed by atoms with Crippen molar-refractivity contribution >= 4 is 24.9 Å². The Morgan fingerprint density at radius 3 is 2.09 bits per heavy atom. The second kappa shape index (κ2) is 12.4. The predicted molar refractivity (Wildman–Crippen MR) is 74.9 cm³/mol. The Kier molecular flexibility index (Phi) is 11.2. The highest BCUT2D eigenvalue weighted by atomic mass is 16.7. The van der Waals surface area contributed by atoms with E-state index in [0.29, 0.717) is 0 Å². The first kappa shape index (κ1) is 20.8. The third-order valence-electron chi connectivity index (χ3n) is 2.58. The quantitative estimate of drug-likeness (QED) is 0.201. The SMILES string of the molecule is COCC(COC=O)OC(=O)CC(C)CC(=O)OC(C)OC=O. The van der Waals surface area contributed by atoms with Crippen LogP contribution in [-0.4, -0.2) is 57.6 Å². The van der Waals surface area contributed by atoms with Crippen LogP contribution in [0.15, 0.2) is 0 Å². The van der Waals surface area contributed by atoms with Crippen LogP contribution < -0.4 is 0 Å². The topological polar surface area (TPSA) is 114 Å². The van der Waals surface area contributed by atoms with Gasteiger partial charge in [-0.2, -0.15) is 0 Å². The van der Waals surface area contributed by atoms with Gasteiger partial charge in [0.05, 0.1) is 6.61 Å². The fourth-order valence-corrected chi connectivity index (χ4v) is 1.66. The van der Waals surface area contributed by atoms with Gasteiger partial charge in [0.25, 0.3) is 12.9 Å². The van der Waals surface area contributed by atoms with Crippen LogP contribution in [0.25, 0.3) is 0 Å². The lowest BCUT2D eigenvalue weighted by Gasteiger charge is -2.18. The number of rotatable bonds is 13. The summed E-state index contributed by atoms with van der Waals surface area (Å²) in [4.78, 5) is 43.5. The normalized spacial score (nSPS) is 14.0. The summed E-state index contributed by atoms with van der Waals surface area (Å²) in [6.07, 6.45) is -1.76. The van der Waals surface area contributed by atoms with E-state index in [1.807, 2.05) is 0 Å². The van der Waals surface area contributed by atoms with Crippen molar-refractivity contribution < 1.29 is 42.9 Å². The largest absolute Gasteiger partial charge is 0.464 e. The maximum Gasteiger partial charge on any atom is 0.309 e. The number of hydrogen-bond acceptors (Lipinski definition) is 9. The third-order valence-corrected chi connectivity index (χ3v) is 2.58. The number of carbonyl (C=O) groups is 4. The first-order valence-corrected chi connectivity index (χ1v) is 6.95.